The maximum Gasteiger partial charge on any atom is 0.332 e. The first-order chi connectivity index (χ1) is 12.3. The highest BCUT2D eigenvalue weighted by molar-refractivity contribution is 7.99. The van der Waals surface area contributed by atoms with Crippen LogP contribution in [0.1, 0.15) is 12.5 Å². The number of benzene rings is 1. The van der Waals surface area contributed by atoms with Crippen molar-refractivity contribution in [1.29, 1.82) is 0 Å². The van der Waals surface area contributed by atoms with E-state index in [0.29, 0.717) is 23.0 Å². The van der Waals surface area contributed by atoms with E-state index in [-0.39, 0.29) is 11.5 Å². The number of aromatic nitrogens is 4. The molecule has 3 rings (SSSR count). The molecule has 0 bridgehead atoms. The molecule has 26 heavy (non-hydrogen) atoms. The van der Waals surface area contributed by atoms with Crippen molar-refractivity contribution in [2.75, 3.05) is 5.75 Å². The summed E-state index contributed by atoms with van der Waals surface area (Å²) in [4.78, 5) is 29.3. The molecule has 2 heterocycles. The second kappa shape index (κ2) is 7.08. The van der Waals surface area contributed by atoms with Gasteiger partial charge in [0.15, 0.2) is 16.3 Å². The first-order valence-corrected chi connectivity index (χ1v) is 8.99. The number of rotatable bonds is 5. The summed E-state index contributed by atoms with van der Waals surface area (Å²) in [5.41, 5.74) is 0.475. The number of halogens is 1. The topological polar surface area (TPSA) is 82.1 Å². The number of fused-ring (bicyclic) bond motifs is 1. The smallest absolute Gasteiger partial charge is 0.332 e. The molecule has 0 saturated heterocycles. The maximum absolute atomic E-state index is 13.2. The summed E-state index contributed by atoms with van der Waals surface area (Å²) in [5, 5.41) is 10.1. The van der Waals surface area contributed by atoms with Crippen LogP contribution in [0.15, 0.2) is 39.0 Å². The number of hydrogen-bond donors (Lipinski definition) is 1. The van der Waals surface area contributed by atoms with E-state index in [1.807, 2.05) is 0 Å². The van der Waals surface area contributed by atoms with Gasteiger partial charge in [-0.15, -0.1) is 0 Å². The Balaban J connectivity index is 2.22. The van der Waals surface area contributed by atoms with E-state index in [0.717, 1.165) is 10.1 Å². The third kappa shape index (κ3) is 3.32. The summed E-state index contributed by atoms with van der Waals surface area (Å²) in [6.07, 6.45) is -0.550. The highest BCUT2D eigenvalue weighted by Crippen LogP contribution is 2.23. The van der Waals surface area contributed by atoms with Crippen LogP contribution in [0.4, 0.5) is 4.39 Å². The fraction of sp³-hybridized carbons (Fsp3) is 0.353. The first kappa shape index (κ1) is 18.4. The molecule has 0 aliphatic carbocycles. The lowest BCUT2D eigenvalue weighted by Gasteiger charge is -2.10. The number of aliphatic hydroxyl groups excluding tert-OH is 1. The lowest BCUT2D eigenvalue weighted by Crippen LogP contribution is -2.37. The van der Waals surface area contributed by atoms with Crippen molar-refractivity contribution in [3.8, 4) is 0 Å². The molecule has 0 saturated carbocycles. The molecule has 138 valence electrons. The van der Waals surface area contributed by atoms with Crippen LogP contribution in [0.25, 0.3) is 11.2 Å². The van der Waals surface area contributed by atoms with Crippen LogP contribution in [-0.4, -0.2) is 35.6 Å². The van der Waals surface area contributed by atoms with Crippen LogP contribution in [0.2, 0.25) is 0 Å². The molecule has 1 atom stereocenters. The van der Waals surface area contributed by atoms with Crippen molar-refractivity contribution in [2.45, 2.75) is 24.7 Å². The van der Waals surface area contributed by atoms with E-state index >= 15 is 0 Å². The van der Waals surface area contributed by atoms with Gasteiger partial charge in [-0.2, -0.15) is 0 Å². The molecule has 0 unspecified atom stereocenters. The molecule has 1 N–H and O–H groups in total. The molecule has 3 aromatic rings. The highest BCUT2D eigenvalue weighted by Gasteiger charge is 2.20. The summed E-state index contributed by atoms with van der Waals surface area (Å²) in [6, 6.07) is 5.98. The van der Waals surface area contributed by atoms with Gasteiger partial charge in [-0.3, -0.25) is 13.9 Å². The van der Waals surface area contributed by atoms with E-state index in [9.17, 15) is 19.1 Å². The molecular weight excluding hydrogens is 359 g/mol. The Hall–Kier alpha value is -2.39. The Kier molecular flexibility index (Phi) is 5.01. The molecule has 0 aliphatic heterocycles. The predicted molar refractivity (Wildman–Crippen MR) is 98.1 cm³/mol. The monoisotopic (exact) mass is 378 g/mol. The third-order valence-electron chi connectivity index (χ3n) is 4.02. The molecule has 9 heteroatoms. The van der Waals surface area contributed by atoms with Gasteiger partial charge < -0.3 is 9.67 Å². The van der Waals surface area contributed by atoms with Gasteiger partial charge in [0.1, 0.15) is 5.82 Å². The van der Waals surface area contributed by atoms with E-state index in [1.54, 1.807) is 30.7 Å². The lowest BCUT2D eigenvalue weighted by atomic mass is 10.2. The van der Waals surface area contributed by atoms with Crippen molar-refractivity contribution >= 4 is 22.9 Å². The Bertz CT molecular complexity index is 1070. The lowest BCUT2D eigenvalue weighted by molar-refractivity contribution is 0.220. The van der Waals surface area contributed by atoms with Crippen LogP contribution in [0.3, 0.4) is 0 Å². The summed E-state index contributed by atoms with van der Waals surface area (Å²) < 4.78 is 17.2. The van der Waals surface area contributed by atoms with Gasteiger partial charge in [0, 0.05) is 19.8 Å². The van der Waals surface area contributed by atoms with Crippen molar-refractivity contribution in [3.63, 3.8) is 0 Å². The number of nitrogens with zero attached hydrogens (tertiary/aromatic N) is 4. The molecule has 0 amide bonds. The second-order valence-corrected chi connectivity index (χ2v) is 7.13. The van der Waals surface area contributed by atoms with Gasteiger partial charge >= 0.3 is 5.69 Å². The maximum atomic E-state index is 13.2. The summed E-state index contributed by atoms with van der Waals surface area (Å²) >= 11 is 1.30. The second-order valence-electron chi connectivity index (χ2n) is 6.14. The first-order valence-electron chi connectivity index (χ1n) is 8.01. The quantitative estimate of drug-likeness (QED) is 0.672. The third-order valence-corrected chi connectivity index (χ3v) is 5.24. The van der Waals surface area contributed by atoms with Gasteiger partial charge in [-0.05, 0) is 24.6 Å². The molecule has 7 nitrogen and oxygen atoms in total. The SMILES string of the molecule is C[C@@H](O)CSc1nc2c(c(=O)n(C)c(=O)n2C)n1Cc1ccc(F)cc1. The zero-order valence-corrected chi connectivity index (χ0v) is 15.5. The van der Waals surface area contributed by atoms with Gasteiger partial charge in [-0.1, -0.05) is 23.9 Å². The van der Waals surface area contributed by atoms with Crippen LogP contribution in [0, 0.1) is 5.82 Å². The minimum atomic E-state index is -0.550. The zero-order chi connectivity index (χ0) is 19.0. The predicted octanol–water partition coefficient (Wildman–Crippen LogP) is 1.09. The molecule has 2 aromatic heterocycles. The number of aryl methyl sites for hydroxylation is 1. The van der Waals surface area contributed by atoms with Gasteiger partial charge in [0.2, 0.25) is 0 Å². The molecule has 0 spiro atoms. The standard InChI is InChI=1S/C17H19FN4O3S/c1-10(23)9-26-16-19-14-13(15(24)21(3)17(25)20(14)2)22(16)8-11-4-6-12(18)7-5-11/h4-7,10,23H,8-9H2,1-3H3/t10-/m1/s1. The Morgan fingerprint density at radius 2 is 1.85 bits per heavy atom. The van der Waals surface area contributed by atoms with Crippen molar-refractivity contribution in [3.05, 3.63) is 56.5 Å². The molecule has 0 fully saturated rings. The largest absolute Gasteiger partial charge is 0.393 e. The van der Waals surface area contributed by atoms with Crippen LogP contribution >= 0.6 is 11.8 Å². The number of aliphatic hydroxyl groups is 1. The van der Waals surface area contributed by atoms with E-state index in [1.165, 1.54) is 35.5 Å². The van der Waals surface area contributed by atoms with E-state index in [4.69, 9.17) is 0 Å². The molecule has 1 aromatic carbocycles. The van der Waals surface area contributed by atoms with E-state index in [2.05, 4.69) is 4.98 Å². The van der Waals surface area contributed by atoms with Crippen LogP contribution in [0.5, 0.6) is 0 Å². The van der Waals surface area contributed by atoms with Crippen molar-refractivity contribution < 1.29 is 9.50 Å². The van der Waals surface area contributed by atoms with Crippen molar-refractivity contribution in [1.82, 2.24) is 18.7 Å². The molecule has 0 aliphatic rings. The van der Waals surface area contributed by atoms with Gasteiger partial charge in [-0.25, -0.2) is 14.2 Å². The minimum Gasteiger partial charge on any atom is -0.393 e. The van der Waals surface area contributed by atoms with E-state index < -0.39 is 17.4 Å². The highest BCUT2D eigenvalue weighted by atomic mass is 32.2. The molecule has 0 radical (unpaired) electrons. The average Bonchev–Trinajstić information content (AvgIpc) is 2.96. The summed E-state index contributed by atoms with van der Waals surface area (Å²) in [5.74, 6) is 0.0485. The Morgan fingerprint density at radius 3 is 2.46 bits per heavy atom. The summed E-state index contributed by atoms with van der Waals surface area (Å²) in [7, 11) is 2.98. The molecular formula is C17H19FN4O3S. The number of hydrogen-bond acceptors (Lipinski definition) is 5. The Labute approximate surface area is 152 Å². The summed E-state index contributed by atoms with van der Waals surface area (Å²) in [6.45, 7) is 1.96. The fourth-order valence-corrected chi connectivity index (χ4v) is 3.50. The zero-order valence-electron chi connectivity index (χ0n) is 14.6. The fourth-order valence-electron chi connectivity index (χ4n) is 2.65. The van der Waals surface area contributed by atoms with Crippen LogP contribution in [-0.2, 0) is 20.6 Å². The van der Waals surface area contributed by atoms with Crippen molar-refractivity contribution in [2.24, 2.45) is 14.1 Å². The normalized spacial score (nSPS) is 12.7. The van der Waals surface area contributed by atoms with Crippen LogP contribution < -0.4 is 11.2 Å². The van der Waals surface area contributed by atoms with Gasteiger partial charge in [0.05, 0.1) is 12.6 Å². The Morgan fingerprint density at radius 1 is 1.19 bits per heavy atom. The number of imidazole rings is 1. The minimum absolute atomic E-state index is 0.285. The van der Waals surface area contributed by atoms with Gasteiger partial charge in [0.25, 0.3) is 5.56 Å². The number of thioether (sulfide) groups is 1. The average molecular weight is 378 g/mol.